The van der Waals surface area contributed by atoms with E-state index in [1.54, 1.807) is 0 Å². The van der Waals surface area contributed by atoms with Gasteiger partial charge in [-0.2, -0.15) is 0 Å². The summed E-state index contributed by atoms with van der Waals surface area (Å²) in [5.74, 6) is 0. The van der Waals surface area contributed by atoms with Crippen LogP contribution < -0.4 is 0 Å². The molecule has 0 nitrogen and oxygen atoms in total. The van der Waals surface area contributed by atoms with Gasteiger partial charge >= 0.3 is 0 Å². The Hall–Kier alpha value is -2.64. The molecule has 5 aromatic carbocycles. The minimum atomic E-state index is -0.627. The van der Waals surface area contributed by atoms with Crippen molar-refractivity contribution in [3.05, 3.63) is 124 Å². The second kappa shape index (κ2) is 8.61. The van der Waals surface area contributed by atoms with E-state index in [1.165, 1.54) is 48.6 Å². The molecule has 158 valence electrons. The molecule has 6 aromatic rings. The number of hydrogen-bond acceptors (Lipinski definition) is 0. The van der Waals surface area contributed by atoms with Crippen molar-refractivity contribution in [2.24, 2.45) is 0 Å². The Kier molecular flexibility index (Phi) is 5.46. The van der Waals surface area contributed by atoms with Crippen LogP contribution in [-0.4, -0.2) is 0 Å². The molecule has 0 atom stereocenters. The summed E-state index contributed by atoms with van der Waals surface area (Å²) in [4.78, 5) is 0. The van der Waals surface area contributed by atoms with E-state index in [4.69, 9.17) is 0 Å². The fourth-order valence-electron chi connectivity index (χ4n) is 4.59. The average molecular weight is 570 g/mol. The zero-order chi connectivity index (χ0) is 22.4. The highest BCUT2D eigenvalue weighted by atomic mass is 79.9. The van der Waals surface area contributed by atoms with Crippen LogP contribution in [-0.2, 0) is 0 Å². The van der Waals surface area contributed by atoms with E-state index in [0.717, 1.165) is 8.95 Å². The molecule has 0 fully saturated rings. The van der Waals surface area contributed by atoms with Crippen LogP contribution in [0.5, 0.6) is 0 Å². The van der Waals surface area contributed by atoms with Gasteiger partial charge in [0.25, 0.3) is 0 Å². The van der Waals surface area contributed by atoms with Gasteiger partial charge in [-0.1, -0.05) is 112 Å². The number of halogens is 2. The summed E-state index contributed by atoms with van der Waals surface area (Å²) < 4.78 is 2.21. The molecular formula is C30H19Br2P. The summed E-state index contributed by atoms with van der Waals surface area (Å²) in [6.07, 6.45) is 0. The molecule has 0 bridgehead atoms. The van der Waals surface area contributed by atoms with Crippen LogP contribution in [0.2, 0.25) is 0 Å². The lowest BCUT2D eigenvalue weighted by molar-refractivity contribution is 1.64. The Balaban J connectivity index is 1.68. The van der Waals surface area contributed by atoms with Crippen LogP contribution in [0.1, 0.15) is 0 Å². The van der Waals surface area contributed by atoms with Crippen LogP contribution in [0.15, 0.2) is 124 Å². The Morgan fingerprint density at radius 3 is 1.33 bits per heavy atom. The zero-order valence-corrected chi connectivity index (χ0v) is 21.7. The van der Waals surface area contributed by atoms with Crippen molar-refractivity contribution < 1.29 is 0 Å². The molecule has 0 N–H and O–H groups in total. The Morgan fingerprint density at radius 2 is 0.879 bits per heavy atom. The van der Waals surface area contributed by atoms with E-state index in [2.05, 4.69) is 147 Å². The number of fused-ring (bicyclic) bond motifs is 3. The van der Waals surface area contributed by atoms with Gasteiger partial charge < -0.3 is 0 Å². The second-order valence-electron chi connectivity index (χ2n) is 8.16. The predicted octanol–water partition coefficient (Wildman–Crippen LogP) is 10.8. The van der Waals surface area contributed by atoms with E-state index < -0.39 is 7.53 Å². The lowest BCUT2D eigenvalue weighted by Gasteiger charge is -2.07. The third-order valence-corrected chi connectivity index (χ3v) is 9.52. The maximum atomic E-state index is 3.70. The smallest absolute Gasteiger partial charge is 0.0195 e. The lowest BCUT2D eigenvalue weighted by atomic mass is 10.0. The minimum Gasteiger partial charge on any atom is -0.0771 e. The highest BCUT2D eigenvalue weighted by Crippen LogP contribution is 2.56. The monoisotopic (exact) mass is 568 g/mol. The molecule has 0 aliphatic heterocycles. The van der Waals surface area contributed by atoms with Crippen molar-refractivity contribution >= 4 is 60.4 Å². The van der Waals surface area contributed by atoms with E-state index in [-0.39, 0.29) is 0 Å². The molecule has 0 amide bonds. The maximum Gasteiger partial charge on any atom is 0.0195 e. The number of hydrogen-bond donors (Lipinski definition) is 0. The topological polar surface area (TPSA) is 0 Å². The first-order valence-corrected chi connectivity index (χ1v) is 13.8. The third-order valence-electron chi connectivity index (χ3n) is 6.08. The van der Waals surface area contributed by atoms with Crippen molar-refractivity contribution in [3.63, 3.8) is 0 Å². The van der Waals surface area contributed by atoms with Crippen molar-refractivity contribution in [2.45, 2.75) is 0 Å². The van der Waals surface area contributed by atoms with E-state index >= 15 is 0 Å². The SMILES string of the molecule is Brc1cc(Br)cc(-p2c3ccc(-c4ccccc4)cc3c3cc(-c4ccccc4)ccc32)c1. The molecule has 0 spiro atoms. The Bertz CT molecular complexity index is 1500. The predicted molar refractivity (Wildman–Crippen MR) is 152 cm³/mol. The molecule has 3 heteroatoms. The largest absolute Gasteiger partial charge is 0.0771 e. The van der Waals surface area contributed by atoms with Gasteiger partial charge in [-0.05, 0) is 75.5 Å². The van der Waals surface area contributed by atoms with E-state index in [9.17, 15) is 0 Å². The molecule has 0 aliphatic rings. The van der Waals surface area contributed by atoms with Gasteiger partial charge in [0.05, 0.1) is 0 Å². The molecular weight excluding hydrogens is 551 g/mol. The normalized spacial score (nSPS) is 11.3. The average Bonchev–Trinajstić information content (AvgIpc) is 3.17. The molecule has 0 aliphatic carbocycles. The summed E-state index contributed by atoms with van der Waals surface area (Å²) in [7, 11) is -0.627. The van der Waals surface area contributed by atoms with Crippen LogP contribution >= 0.6 is 39.4 Å². The van der Waals surface area contributed by atoms with Gasteiger partial charge in [0, 0.05) is 24.5 Å². The van der Waals surface area contributed by atoms with Crippen LogP contribution in [0, 0.1) is 0 Å². The van der Waals surface area contributed by atoms with Gasteiger partial charge in [-0.3, -0.25) is 0 Å². The van der Waals surface area contributed by atoms with Crippen LogP contribution in [0.3, 0.4) is 0 Å². The summed E-state index contributed by atoms with van der Waals surface area (Å²) in [6.45, 7) is 0. The van der Waals surface area contributed by atoms with Crippen molar-refractivity contribution in [1.29, 1.82) is 0 Å². The summed E-state index contributed by atoms with van der Waals surface area (Å²) in [6, 6.07) is 42.0. The lowest BCUT2D eigenvalue weighted by Crippen LogP contribution is -1.78. The third kappa shape index (κ3) is 3.87. The number of rotatable bonds is 3. The first kappa shape index (κ1) is 20.9. The quantitative estimate of drug-likeness (QED) is 0.199. The fraction of sp³-hybridized carbons (Fsp3) is 0. The standard InChI is InChI=1S/C30H19Br2P/c31-24-17-25(32)19-26(18-24)33-29-13-11-22(20-7-3-1-4-8-20)15-27(29)28-16-23(12-14-30(28)33)21-9-5-2-6-10-21/h1-19H. The second-order valence-corrected chi connectivity index (χ2v) is 12.1. The summed E-state index contributed by atoms with van der Waals surface area (Å²) in [5, 5.41) is 6.91. The fourth-order valence-corrected chi connectivity index (χ4v) is 8.89. The van der Waals surface area contributed by atoms with Crippen molar-refractivity contribution in [3.8, 4) is 27.6 Å². The van der Waals surface area contributed by atoms with Crippen LogP contribution in [0.4, 0.5) is 0 Å². The summed E-state index contributed by atoms with van der Waals surface area (Å²) >= 11 is 7.41. The van der Waals surface area contributed by atoms with Crippen molar-refractivity contribution in [1.82, 2.24) is 0 Å². The highest BCUT2D eigenvalue weighted by molar-refractivity contribution is 9.11. The van der Waals surface area contributed by atoms with Gasteiger partial charge in [0.15, 0.2) is 0 Å². The molecule has 1 aromatic heterocycles. The number of benzene rings is 5. The van der Waals surface area contributed by atoms with E-state index in [0.29, 0.717) is 0 Å². The maximum absolute atomic E-state index is 3.70. The highest BCUT2D eigenvalue weighted by Gasteiger charge is 2.16. The molecule has 0 radical (unpaired) electrons. The Morgan fingerprint density at radius 1 is 0.424 bits per heavy atom. The molecule has 0 saturated carbocycles. The van der Waals surface area contributed by atoms with Gasteiger partial charge in [0.1, 0.15) is 0 Å². The minimum absolute atomic E-state index is 0.627. The van der Waals surface area contributed by atoms with Gasteiger partial charge in [0.2, 0.25) is 0 Å². The molecule has 0 unspecified atom stereocenters. The van der Waals surface area contributed by atoms with Gasteiger partial charge in [-0.15, -0.1) is 0 Å². The Labute approximate surface area is 211 Å². The van der Waals surface area contributed by atoms with Crippen molar-refractivity contribution in [2.75, 3.05) is 0 Å². The molecule has 6 rings (SSSR count). The molecule has 0 saturated heterocycles. The first-order valence-electron chi connectivity index (χ1n) is 10.8. The molecule has 1 heterocycles. The van der Waals surface area contributed by atoms with E-state index in [1.807, 2.05) is 0 Å². The van der Waals surface area contributed by atoms with Crippen LogP contribution in [0.25, 0.3) is 48.6 Å². The van der Waals surface area contributed by atoms with Gasteiger partial charge in [-0.25, -0.2) is 0 Å². The first-order chi connectivity index (χ1) is 16.2. The summed E-state index contributed by atoms with van der Waals surface area (Å²) in [5.41, 5.74) is 5.03. The zero-order valence-electron chi connectivity index (χ0n) is 17.7. The molecule has 33 heavy (non-hydrogen) atoms.